The van der Waals surface area contributed by atoms with Crippen molar-refractivity contribution in [2.75, 3.05) is 38.1 Å². The van der Waals surface area contributed by atoms with Gasteiger partial charge in [0.05, 0.1) is 5.41 Å². The molecular weight excluding hydrogens is 240 g/mol. The Hall–Kier alpha value is -1.55. The van der Waals surface area contributed by atoms with Crippen molar-refractivity contribution in [3.05, 3.63) is 30.3 Å². The van der Waals surface area contributed by atoms with Crippen LogP contribution >= 0.6 is 0 Å². The van der Waals surface area contributed by atoms with Gasteiger partial charge >= 0.3 is 5.97 Å². The first-order valence-electron chi connectivity index (χ1n) is 6.73. The highest BCUT2D eigenvalue weighted by atomic mass is 16.4. The molecule has 1 aliphatic rings. The lowest BCUT2D eigenvalue weighted by Crippen LogP contribution is -2.35. The standard InChI is InChI=1S/C15H22N2O2/c1-15(14(18)19)8-9-17(12-15)11-10-16(2)13-6-4-3-5-7-13/h3-7H,8-12H2,1-2H3,(H,18,19). The maximum atomic E-state index is 11.2. The van der Waals surface area contributed by atoms with E-state index in [0.717, 1.165) is 26.1 Å². The number of carboxylic acid groups (broad SMARTS) is 1. The molecule has 0 spiro atoms. The zero-order valence-corrected chi connectivity index (χ0v) is 11.7. The summed E-state index contributed by atoms with van der Waals surface area (Å²) in [6.07, 6.45) is 0.747. The van der Waals surface area contributed by atoms with Crippen LogP contribution < -0.4 is 4.90 Å². The lowest BCUT2D eigenvalue weighted by Gasteiger charge is -2.24. The summed E-state index contributed by atoms with van der Waals surface area (Å²) < 4.78 is 0. The molecule has 0 aliphatic carbocycles. The van der Waals surface area contributed by atoms with Gasteiger partial charge < -0.3 is 14.9 Å². The average Bonchev–Trinajstić information content (AvgIpc) is 2.80. The molecular formula is C15H22N2O2. The number of carbonyl (C=O) groups is 1. The number of likely N-dealkylation sites (N-methyl/N-ethyl adjacent to an activating group) is 1. The second kappa shape index (κ2) is 5.61. The highest BCUT2D eigenvalue weighted by Crippen LogP contribution is 2.29. The fourth-order valence-electron chi connectivity index (χ4n) is 2.52. The third-order valence-electron chi connectivity index (χ3n) is 4.02. The smallest absolute Gasteiger partial charge is 0.310 e. The maximum absolute atomic E-state index is 11.2. The van der Waals surface area contributed by atoms with Crippen LogP contribution in [-0.2, 0) is 4.79 Å². The Bertz CT molecular complexity index is 435. The van der Waals surface area contributed by atoms with E-state index in [-0.39, 0.29) is 0 Å². The van der Waals surface area contributed by atoms with E-state index in [1.807, 2.05) is 25.1 Å². The molecule has 1 aliphatic heterocycles. The minimum Gasteiger partial charge on any atom is -0.481 e. The largest absolute Gasteiger partial charge is 0.481 e. The van der Waals surface area contributed by atoms with Gasteiger partial charge in [-0.05, 0) is 32.0 Å². The van der Waals surface area contributed by atoms with Gasteiger partial charge in [0.15, 0.2) is 0 Å². The molecule has 1 aromatic carbocycles. The molecule has 1 aromatic rings. The van der Waals surface area contributed by atoms with Crippen LogP contribution in [0.2, 0.25) is 0 Å². The van der Waals surface area contributed by atoms with Crippen LogP contribution in [0.25, 0.3) is 0 Å². The first-order chi connectivity index (χ1) is 9.01. The van der Waals surface area contributed by atoms with E-state index in [4.69, 9.17) is 0 Å². The molecule has 1 fully saturated rings. The zero-order valence-electron chi connectivity index (χ0n) is 11.7. The predicted molar refractivity (Wildman–Crippen MR) is 76.5 cm³/mol. The maximum Gasteiger partial charge on any atom is 0.310 e. The molecule has 104 valence electrons. The summed E-state index contributed by atoms with van der Waals surface area (Å²) >= 11 is 0. The van der Waals surface area contributed by atoms with Crippen molar-refractivity contribution < 1.29 is 9.90 Å². The van der Waals surface area contributed by atoms with Crippen LogP contribution in [0.3, 0.4) is 0 Å². The molecule has 1 saturated heterocycles. The van der Waals surface area contributed by atoms with E-state index in [0.29, 0.717) is 6.54 Å². The Morgan fingerprint density at radius 2 is 2.11 bits per heavy atom. The fraction of sp³-hybridized carbons (Fsp3) is 0.533. The molecule has 0 radical (unpaired) electrons. The van der Waals surface area contributed by atoms with Crippen molar-refractivity contribution in [2.45, 2.75) is 13.3 Å². The van der Waals surface area contributed by atoms with E-state index in [1.54, 1.807) is 0 Å². The number of carboxylic acids is 1. The second-order valence-corrected chi connectivity index (χ2v) is 5.65. The number of likely N-dealkylation sites (tertiary alicyclic amines) is 1. The number of aliphatic carboxylic acids is 1. The van der Waals surface area contributed by atoms with Crippen molar-refractivity contribution in [1.29, 1.82) is 0 Å². The molecule has 1 atom stereocenters. The van der Waals surface area contributed by atoms with Crippen LogP contribution in [0, 0.1) is 5.41 Å². The van der Waals surface area contributed by atoms with E-state index >= 15 is 0 Å². The summed E-state index contributed by atoms with van der Waals surface area (Å²) in [4.78, 5) is 15.6. The summed E-state index contributed by atoms with van der Waals surface area (Å²) in [6.45, 7) is 5.21. The van der Waals surface area contributed by atoms with Crippen molar-refractivity contribution in [1.82, 2.24) is 4.90 Å². The van der Waals surface area contributed by atoms with Gasteiger partial charge in [-0.2, -0.15) is 0 Å². The zero-order chi connectivity index (χ0) is 13.9. The third-order valence-corrected chi connectivity index (χ3v) is 4.02. The Morgan fingerprint density at radius 3 is 2.68 bits per heavy atom. The first-order valence-corrected chi connectivity index (χ1v) is 6.73. The number of para-hydroxylation sites is 1. The molecule has 0 aromatic heterocycles. The summed E-state index contributed by atoms with van der Waals surface area (Å²) in [5, 5.41) is 9.21. The van der Waals surface area contributed by atoms with Gasteiger partial charge in [-0.15, -0.1) is 0 Å². The Kier molecular flexibility index (Phi) is 4.10. The third kappa shape index (κ3) is 3.26. The van der Waals surface area contributed by atoms with Gasteiger partial charge in [0.1, 0.15) is 0 Å². The molecule has 4 nitrogen and oxygen atoms in total. The van der Waals surface area contributed by atoms with Crippen molar-refractivity contribution >= 4 is 11.7 Å². The monoisotopic (exact) mass is 262 g/mol. The van der Waals surface area contributed by atoms with Gasteiger partial charge in [0.2, 0.25) is 0 Å². The molecule has 4 heteroatoms. The fourth-order valence-corrected chi connectivity index (χ4v) is 2.52. The van der Waals surface area contributed by atoms with Gasteiger partial charge in [0.25, 0.3) is 0 Å². The van der Waals surface area contributed by atoms with Gasteiger partial charge in [-0.25, -0.2) is 0 Å². The second-order valence-electron chi connectivity index (χ2n) is 5.65. The first kappa shape index (κ1) is 13.9. The van der Waals surface area contributed by atoms with Gasteiger partial charge in [0, 0.05) is 32.4 Å². The van der Waals surface area contributed by atoms with Crippen LogP contribution in [0.4, 0.5) is 5.69 Å². The van der Waals surface area contributed by atoms with Crippen LogP contribution in [0.15, 0.2) is 30.3 Å². The molecule has 1 heterocycles. The summed E-state index contributed by atoms with van der Waals surface area (Å²) in [6, 6.07) is 10.2. The summed E-state index contributed by atoms with van der Waals surface area (Å²) in [5.74, 6) is -0.675. The van der Waals surface area contributed by atoms with Gasteiger partial charge in [-0.1, -0.05) is 18.2 Å². The number of benzene rings is 1. The molecule has 1 unspecified atom stereocenters. The normalized spacial score (nSPS) is 23.5. The predicted octanol–water partition coefficient (Wildman–Crippen LogP) is 1.92. The Labute approximate surface area is 114 Å². The molecule has 19 heavy (non-hydrogen) atoms. The molecule has 0 bridgehead atoms. The van der Waals surface area contributed by atoms with Gasteiger partial charge in [-0.3, -0.25) is 4.79 Å². The average molecular weight is 262 g/mol. The molecule has 2 rings (SSSR count). The highest BCUT2D eigenvalue weighted by molar-refractivity contribution is 5.74. The lowest BCUT2D eigenvalue weighted by atomic mass is 9.90. The molecule has 0 saturated carbocycles. The summed E-state index contributed by atoms with van der Waals surface area (Å²) in [5.41, 5.74) is 0.633. The van der Waals surface area contributed by atoms with E-state index in [2.05, 4.69) is 29.0 Å². The quantitative estimate of drug-likeness (QED) is 0.880. The number of anilines is 1. The van der Waals surface area contributed by atoms with Crippen LogP contribution in [0.5, 0.6) is 0 Å². The van der Waals surface area contributed by atoms with Crippen LogP contribution in [-0.4, -0.2) is 49.2 Å². The lowest BCUT2D eigenvalue weighted by molar-refractivity contribution is -0.147. The topological polar surface area (TPSA) is 43.8 Å². The van der Waals surface area contributed by atoms with Crippen molar-refractivity contribution in [2.24, 2.45) is 5.41 Å². The van der Waals surface area contributed by atoms with E-state index in [1.165, 1.54) is 5.69 Å². The minimum atomic E-state index is -0.675. The highest BCUT2D eigenvalue weighted by Gasteiger charge is 2.40. The minimum absolute atomic E-state index is 0.564. The molecule has 0 amide bonds. The van der Waals surface area contributed by atoms with E-state index in [9.17, 15) is 9.90 Å². The number of nitrogens with zero attached hydrogens (tertiary/aromatic N) is 2. The van der Waals surface area contributed by atoms with E-state index < -0.39 is 11.4 Å². The SMILES string of the molecule is CN(CCN1CCC(C)(C(=O)O)C1)c1ccccc1. The van der Waals surface area contributed by atoms with Crippen molar-refractivity contribution in [3.8, 4) is 0 Å². The van der Waals surface area contributed by atoms with Crippen molar-refractivity contribution in [3.63, 3.8) is 0 Å². The number of hydrogen-bond donors (Lipinski definition) is 1. The molecule has 1 N–H and O–H groups in total. The Morgan fingerprint density at radius 1 is 1.42 bits per heavy atom. The summed E-state index contributed by atoms with van der Waals surface area (Å²) in [7, 11) is 2.07. The number of hydrogen-bond acceptors (Lipinski definition) is 3. The Balaban J connectivity index is 1.83. The number of rotatable bonds is 5. The van der Waals surface area contributed by atoms with Crippen LogP contribution in [0.1, 0.15) is 13.3 Å².